The van der Waals surface area contributed by atoms with Gasteiger partial charge in [0.2, 0.25) is 0 Å². The van der Waals surface area contributed by atoms with E-state index in [0.29, 0.717) is 5.92 Å². The number of benzene rings is 2. The van der Waals surface area contributed by atoms with Crippen LogP contribution in [0.25, 0.3) is 12.2 Å². The van der Waals surface area contributed by atoms with Crippen molar-refractivity contribution in [2.75, 3.05) is 49.6 Å². The van der Waals surface area contributed by atoms with E-state index in [1.54, 1.807) is 0 Å². The van der Waals surface area contributed by atoms with Gasteiger partial charge in [-0.05, 0) is 96.9 Å². The number of allylic oxidation sites excluding steroid dienone is 10. The smallest absolute Gasteiger partial charge is 0.169 e. The van der Waals surface area contributed by atoms with Gasteiger partial charge >= 0.3 is 0 Å². The molecule has 56 heavy (non-hydrogen) atoms. The highest BCUT2D eigenvalue weighted by Gasteiger charge is 2.17. The zero-order valence-electron chi connectivity index (χ0n) is 33.7. The second-order valence-electron chi connectivity index (χ2n) is 15.3. The minimum atomic E-state index is 0.603. The third kappa shape index (κ3) is 14.4. The van der Waals surface area contributed by atoms with Crippen molar-refractivity contribution in [1.29, 1.82) is 0 Å². The van der Waals surface area contributed by atoms with Gasteiger partial charge in [0.05, 0.1) is 0 Å². The highest BCUT2D eigenvalue weighted by molar-refractivity contribution is 8.76. The Balaban J connectivity index is 0.914. The van der Waals surface area contributed by atoms with Crippen LogP contribution in [0.5, 0.6) is 0 Å². The van der Waals surface area contributed by atoms with E-state index in [2.05, 4.69) is 207 Å². The maximum absolute atomic E-state index is 2.69. The van der Waals surface area contributed by atoms with E-state index >= 15 is 0 Å². The van der Waals surface area contributed by atoms with Gasteiger partial charge in [-0.25, -0.2) is 9.14 Å². The molecule has 3 aromatic rings. The van der Waals surface area contributed by atoms with Gasteiger partial charge in [0.25, 0.3) is 0 Å². The van der Waals surface area contributed by atoms with E-state index in [9.17, 15) is 0 Å². The van der Waals surface area contributed by atoms with Crippen molar-refractivity contribution >= 4 is 45.6 Å². The molecule has 0 saturated heterocycles. The molecule has 3 aliphatic rings. The third-order valence-corrected chi connectivity index (χ3v) is 13.3. The topological polar surface area (TPSA) is 13.4 Å². The van der Waals surface area contributed by atoms with Crippen LogP contribution in [0.4, 0.5) is 5.69 Å². The fraction of sp³-hybridized carbons (Fsp3) is 0.360. The van der Waals surface area contributed by atoms with Crippen LogP contribution in [-0.2, 0) is 13.6 Å². The normalized spacial score (nSPS) is 16.9. The Morgan fingerprint density at radius 3 is 2.02 bits per heavy atom. The molecular formula is C50H62N4S2+2. The first-order valence-corrected chi connectivity index (χ1v) is 23.2. The number of hydrogen-bond donors (Lipinski definition) is 0. The Labute approximate surface area is 345 Å². The number of aromatic nitrogens is 1. The molecule has 2 aromatic carbocycles. The van der Waals surface area contributed by atoms with E-state index in [-0.39, 0.29) is 0 Å². The van der Waals surface area contributed by atoms with Crippen LogP contribution in [0.1, 0.15) is 68.1 Å². The minimum Gasteiger partial charge on any atom is -0.374 e. The number of hydrogen-bond acceptors (Lipinski definition) is 4. The van der Waals surface area contributed by atoms with Crippen LogP contribution >= 0.6 is 21.6 Å². The summed E-state index contributed by atoms with van der Waals surface area (Å²) >= 11 is 0. The molecule has 0 radical (unpaired) electrons. The Morgan fingerprint density at radius 1 is 0.679 bits per heavy atom. The summed E-state index contributed by atoms with van der Waals surface area (Å²) in [7, 11) is 8.33. The molecule has 6 rings (SSSR count). The summed E-state index contributed by atoms with van der Waals surface area (Å²) in [5.41, 5.74) is 9.49. The standard InChI is InChI=1S/C50H62N4S2/c1-51-35-29-45(30-36-51)19-17-43-21-25-49(26-22-43)53(41-47-13-5-3-6-14-47)33-9-11-39-55-56-40-12-10-34-54(42-48-15-7-4-8-16-48)50-27-23-44(24-28-50)18-20-46-31-37-52(2)38-32-46/h3-8,13-15,17-23,25-27,29,31-32,35,37-38,48H,9-12,16,24,28,30,33-34,36,39-42H2,1-2H3/q+2. The van der Waals surface area contributed by atoms with Crippen LogP contribution in [0.15, 0.2) is 151 Å². The van der Waals surface area contributed by atoms with Gasteiger partial charge in [-0.15, -0.1) is 0 Å². The highest BCUT2D eigenvalue weighted by Crippen LogP contribution is 2.28. The Hall–Kier alpha value is -4.26. The number of pyridine rings is 1. The molecule has 0 N–H and O–H groups in total. The van der Waals surface area contributed by atoms with Crippen molar-refractivity contribution in [2.24, 2.45) is 13.0 Å². The molecular weight excluding hydrogens is 721 g/mol. The number of aryl methyl sites for hydroxylation is 1. The van der Waals surface area contributed by atoms with Crippen LogP contribution in [0, 0.1) is 5.92 Å². The van der Waals surface area contributed by atoms with Crippen molar-refractivity contribution in [1.82, 2.24) is 4.90 Å². The van der Waals surface area contributed by atoms with Crippen molar-refractivity contribution in [3.63, 3.8) is 0 Å². The average molecular weight is 783 g/mol. The highest BCUT2D eigenvalue weighted by atomic mass is 33.1. The summed E-state index contributed by atoms with van der Waals surface area (Å²) in [5.74, 6) is 3.04. The monoisotopic (exact) mass is 782 g/mol. The summed E-state index contributed by atoms with van der Waals surface area (Å²) in [6.07, 6.45) is 41.0. The molecule has 2 heterocycles. The van der Waals surface area contributed by atoms with Crippen LogP contribution in [-0.4, -0.2) is 60.4 Å². The second-order valence-corrected chi connectivity index (χ2v) is 18.0. The van der Waals surface area contributed by atoms with Crippen molar-refractivity contribution < 1.29 is 9.14 Å². The van der Waals surface area contributed by atoms with Crippen LogP contribution < -0.4 is 9.47 Å². The predicted octanol–water partition coefficient (Wildman–Crippen LogP) is 11.3. The summed E-state index contributed by atoms with van der Waals surface area (Å²) in [5, 5.41) is 0. The SMILES string of the molecule is C[N+]1=CC=C(/C=C/c2ccc(N(CCCCSSCCCCN(CC3C=CC=CC3)C3=CC=C(/C=C/c4cc[n+](C)cc4)CC3)Cc3ccccc3)cc2)CC1. The third-order valence-electron chi connectivity index (χ3n) is 10.7. The van der Waals surface area contributed by atoms with Crippen LogP contribution in [0.3, 0.4) is 0 Å². The van der Waals surface area contributed by atoms with Crippen molar-refractivity contribution in [2.45, 2.75) is 57.9 Å². The van der Waals surface area contributed by atoms with Gasteiger partial charge in [-0.1, -0.05) is 119 Å². The van der Waals surface area contributed by atoms with Crippen LogP contribution in [0.2, 0.25) is 0 Å². The molecule has 6 heteroatoms. The zero-order chi connectivity index (χ0) is 38.6. The van der Waals surface area contributed by atoms with E-state index < -0.39 is 0 Å². The molecule has 0 fully saturated rings. The van der Waals surface area contributed by atoms with Gasteiger partial charge in [0.15, 0.2) is 18.6 Å². The molecule has 1 aliphatic heterocycles. The minimum absolute atomic E-state index is 0.603. The molecule has 0 spiro atoms. The Kier molecular flexibility index (Phi) is 17.1. The molecule has 4 nitrogen and oxygen atoms in total. The van der Waals surface area contributed by atoms with E-state index in [4.69, 9.17) is 0 Å². The number of nitrogens with zero attached hydrogens (tertiary/aromatic N) is 4. The van der Waals surface area contributed by atoms with Gasteiger partial charge in [0, 0.05) is 73.7 Å². The fourth-order valence-electron chi connectivity index (χ4n) is 7.25. The van der Waals surface area contributed by atoms with E-state index in [1.807, 2.05) is 0 Å². The molecule has 2 aliphatic carbocycles. The molecule has 1 atom stereocenters. The molecule has 0 bridgehead atoms. The molecule has 0 amide bonds. The quantitative estimate of drug-likeness (QED) is 0.0606. The lowest BCUT2D eigenvalue weighted by atomic mass is 9.97. The molecule has 1 unspecified atom stereocenters. The number of rotatable bonds is 21. The maximum Gasteiger partial charge on any atom is 0.169 e. The largest absolute Gasteiger partial charge is 0.374 e. The summed E-state index contributed by atoms with van der Waals surface area (Å²) < 4.78 is 4.32. The summed E-state index contributed by atoms with van der Waals surface area (Å²) in [4.78, 5) is 5.25. The van der Waals surface area contributed by atoms with Gasteiger partial charge in [-0.2, -0.15) is 0 Å². The first-order valence-electron chi connectivity index (χ1n) is 20.7. The molecule has 1 aromatic heterocycles. The zero-order valence-corrected chi connectivity index (χ0v) is 35.4. The number of unbranched alkanes of at least 4 members (excludes halogenated alkanes) is 2. The fourth-order valence-corrected chi connectivity index (χ4v) is 9.54. The average Bonchev–Trinajstić information content (AvgIpc) is 3.24. The van der Waals surface area contributed by atoms with Crippen molar-refractivity contribution in [3.05, 3.63) is 167 Å². The lowest BCUT2D eigenvalue weighted by molar-refractivity contribution is -0.671. The summed E-state index contributed by atoms with van der Waals surface area (Å²) in [6, 6.07) is 24.4. The van der Waals surface area contributed by atoms with Gasteiger partial charge in [0.1, 0.15) is 20.6 Å². The lowest BCUT2D eigenvalue weighted by Gasteiger charge is -2.32. The Bertz CT molecular complexity index is 1900. The van der Waals surface area contributed by atoms with E-state index in [0.717, 1.165) is 58.4 Å². The predicted molar refractivity (Wildman–Crippen MR) is 246 cm³/mol. The van der Waals surface area contributed by atoms with Gasteiger partial charge < -0.3 is 9.80 Å². The Morgan fingerprint density at radius 2 is 1.38 bits per heavy atom. The van der Waals surface area contributed by atoms with Gasteiger partial charge in [-0.3, -0.25) is 0 Å². The molecule has 292 valence electrons. The first kappa shape index (κ1) is 41.4. The van der Waals surface area contributed by atoms with E-state index in [1.165, 1.54) is 76.4 Å². The second kappa shape index (κ2) is 23.1. The first-order chi connectivity index (χ1) is 27.6. The maximum atomic E-state index is 2.69. The lowest BCUT2D eigenvalue weighted by Crippen LogP contribution is -2.30. The van der Waals surface area contributed by atoms with Crippen molar-refractivity contribution in [3.8, 4) is 0 Å². The summed E-state index contributed by atoms with van der Waals surface area (Å²) in [6.45, 7) is 5.37. The molecule has 0 saturated carbocycles. The number of anilines is 1.